The molecule has 0 atom stereocenters. The van der Waals surface area contributed by atoms with E-state index in [1.807, 2.05) is 24.3 Å². The fourth-order valence-corrected chi connectivity index (χ4v) is 3.40. The van der Waals surface area contributed by atoms with Crippen molar-refractivity contribution in [3.63, 3.8) is 0 Å². The van der Waals surface area contributed by atoms with Crippen LogP contribution in [0.25, 0.3) is 5.57 Å². The maximum atomic E-state index is 12.1. The first-order valence-electron chi connectivity index (χ1n) is 11.1. The molecular formula is C25H32N6O2. The van der Waals surface area contributed by atoms with E-state index >= 15 is 0 Å². The third kappa shape index (κ3) is 6.12. The number of aliphatic imine (C=N–C) groups is 1. The topological polar surface area (TPSA) is 125 Å². The highest BCUT2D eigenvalue weighted by atomic mass is 16.5. The summed E-state index contributed by atoms with van der Waals surface area (Å²) in [6.45, 7) is 6.07. The van der Waals surface area contributed by atoms with E-state index in [0.29, 0.717) is 17.1 Å². The second-order valence-electron chi connectivity index (χ2n) is 7.88. The molecule has 0 bridgehead atoms. The van der Waals surface area contributed by atoms with Crippen molar-refractivity contribution in [1.82, 2.24) is 10.6 Å². The van der Waals surface area contributed by atoms with Gasteiger partial charge in [0.2, 0.25) is 0 Å². The second kappa shape index (κ2) is 11.2. The van der Waals surface area contributed by atoms with Crippen LogP contribution in [0.2, 0.25) is 0 Å². The summed E-state index contributed by atoms with van der Waals surface area (Å²) in [4.78, 5) is 16.1. The molecule has 174 valence electrons. The fourth-order valence-electron chi connectivity index (χ4n) is 3.40. The molecule has 6 N–H and O–H groups in total. The summed E-state index contributed by atoms with van der Waals surface area (Å²) in [6, 6.07) is 5.74. The van der Waals surface area contributed by atoms with Crippen molar-refractivity contribution < 1.29 is 9.53 Å². The van der Waals surface area contributed by atoms with Crippen LogP contribution in [0.15, 0.2) is 66.1 Å². The van der Waals surface area contributed by atoms with Gasteiger partial charge in [-0.05, 0) is 30.9 Å². The lowest BCUT2D eigenvalue weighted by atomic mass is 10.0. The molecule has 1 fully saturated rings. The molecule has 33 heavy (non-hydrogen) atoms. The number of hydrogen-bond donors (Lipinski definition) is 5. The number of amides is 1. The number of rotatable bonds is 11. The van der Waals surface area contributed by atoms with Gasteiger partial charge in [0.1, 0.15) is 17.8 Å². The SMILES string of the molecule is C=C/C(=C\CCC)c1cccc(N/C(=C/C(N)=NC(=O)C2CC2)C(=N)C2NC=CN2)c1OC. The summed E-state index contributed by atoms with van der Waals surface area (Å²) in [5, 5.41) is 18.1. The van der Waals surface area contributed by atoms with Crippen LogP contribution in [-0.2, 0) is 4.79 Å². The van der Waals surface area contributed by atoms with E-state index in [9.17, 15) is 4.79 Å². The molecule has 0 saturated heterocycles. The summed E-state index contributed by atoms with van der Waals surface area (Å²) in [7, 11) is 1.60. The number of allylic oxidation sites excluding steroid dienone is 3. The smallest absolute Gasteiger partial charge is 0.250 e. The number of nitrogens with zero attached hydrogens (tertiary/aromatic N) is 1. The number of ether oxygens (including phenoxy) is 1. The third-order valence-corrected chi connectivity index (χ3v) is 5.32. The van der Waals surface area contributed by atoms with Crippen molar-refractivity contribution in [1.29, 1.82) is 5.41 Å². The van der Waals surface area contributed by atoms with Gasteiger partial charge >= 0.3 is 0 Å². The van der Waals surface area contributed by atoms with Crippen LogP contribution in [-0.4, -0.2) is 30.7 Å². The molecule has 8 nitrogen and oxygen atoms in total. The monoisotopic (exact) mass is 448 g/mol. The average molecular weight is 449 g/mol. The van der Waals surface area contributed by atoms with Crippen LogP contribution in [0.5, 0.6) is 5.75 Å². The lowest BCUT2D eigenvalue weighted by Gasteiger charge is -2.21. The second-order valence-corrected chi connectivity index (χ2v) is 7.88. The Kier molecular flexibility index (Phi) is 8.07. The van der Waals surface area contributed by atoms with E-state index in [0.717, 1.165) is 36.8 Å². The predicted octanol–water partition coefficient (Wildman–Crippen LogP) is 3.66. The number of anilines is 1. The van der Waals surface area contributed by atoms with Gasteiger partial charge in [0.25, 0.3) is 5.91 Å². The number of carbonyl (C=O) groups is 1. The molecule has 0 spiro atoms. The summed E-state index contributed by atoms with van der Waals surface area (Å²) in [5.74, 6) is 0.423. The Labute approximate surface area is 194 Å². The normalized spacial score (nSPS) is 16.7. The van der Waals surface area contributed by atoms with Gasteiger partial charge in [-0.1, -0.05) is 44.2 Å². The molecule has 1 amide bonds. The van der Waals surface area contributed by atoms with E-state index in [-0.39, 0.29) is 23.4 Å². The number of nitrogens with two attached hydrogens (primary N) is 1. The number of hydrogen-bond acceptors (Lipinski definition) is 6. The van der Waals surface area contributed by atoms with Gasteiger partial charge in [-0.2, -0.15) is 4.99 Å². The molecule has 0 aromatic heterocycles. The lowest BCUT2D eigenvalue weighted by Crippen LogP contribution is -2.41. The van der Waals surface area contributed by atoms with Gasteiger partial charge in [0, 0.05) is 30.0 Å². The van der Waals surface area contributed by atoms with Crippen LogP contribution >= 0.6 is 0 Å². The third-order valence-electron chi connectivity index (χ3n) is 5.32. The van der Waals surface area contributed by atoms with Gasteiger partial charge in [-0.15, -0.1) is 0 Å². The Morgan fingerprint density at radius 1 is 1.36 bits per heavy atom. The number of methoxy groups -OCH3 is 1. The Hall–Kier alpha value is -3.81. The first-order chi connectivity index (χ1) is 16.0. The maximum absolute atomic E-state index is 12.1. The molecule has 3 rings (SSSR count). The number of unbranched alkanes of at least 4 members (excludes halogenated alkanes) is 1. The molecule has 8 heteroatoms. The zero-order valence-corrected chi connectivity index (χ0v) is 19.2. The van der Waals surface area contributed by atoms with Gasteiger partial charge in [-0.25, -0.2) is 0 Å². The summed E-state index contributed by atoms with van der Waals surface area (Å²) < 4.78 is 5.75. The number of amidine groups is 1. The largest absolute Gasteiger partial charge is 0.494 e. The van der Waals surface area contributed by atoms with E-state index in [2.05, 4.69) is 40.5 Å². The van der Waals surface area contributed by atoms with Crippen molar-refractivity contribution in [2.24, 2.45) is 16.6 Å². The van der Waals surface area contributed by atoms with Crippen LogP contribution in [0, 0.1) is 11.3 Å². The van der Waals surface area contributed by atoms with Crippen molar-refractivity contribution in [2.75, 3.05) is 12.4 Å². The highest BCUT2D eigenvalue weighted by Crippen LogP contribution is 2.35. The van der Waals surface area contributed by atoms with Crippen molar-refractivity contribution >= 4 is 28.7 Å². The van der Waals surface area contributed by atoms with Gasteiger partial charge < -0.3 is 26.4 Å². The summed E-state index contributed by atoms with van der Waals surface area (Å²) in [6.07, 6.45) is 12.1. The fraction of sp³-hybridized carbons (Fsp3) is 0.320. The average Bonchev–Trinajstić information content (AvgIpc) is 3.53. The van der Waals surface area contributed by atoms with Crippen LogP contribution in [0.3, 0.4) is 0 Å². The molecule has 2 aliphatic rings. The van der Waals surface area contributed by atoms with E-state index < -0.39 is 6.17 Å². The molecule has 1 aromatic carbocycles. The first-order valence-corrected chi connectivity index (χ1v) is 11.1. The Morgan fingerprint density at radius 3 is 2.70 bits per heavy atom. The Balaban J connectivity index is 1.97. The summed E-state index contributed by atoms with van der Waals surface area (Å²) in [5.41, 5.74) is 9.17. The zero-order chi connectivity index (χ0) is 23.8. The minimum absolute atomic E-state index is 0.0285. The van der Waals surface area contributed by atoms with Gasteiger partial charge in [0.05, 0.1) is 24.2 Å². The molecule has 0 radical (unpaired) electrons. The van der Waals surface area contributed by atoms with Gasteiger partial charge in [0.15, 0.2) is 0 Å². The van der Waals surface area contributed by atoms with Gasteiger partial charge in [-0.3, -0.25) is 10.2 Å². The number of benzene rings is 1. The molecule has 1 aliphatic carbocycles. The highest BCUT2D eigenvalue weighted by Gasteiger charge is 2.29. The first kappa shape index (κ1) is 23.8. The van der Waals surface area contributed by atoms with Crippen LogP contribution in [0.1, 0.15) is 38.2 Å². The minimum atomic E-state index is -0.446. The molecule has 1 aliphatic heterocycles. The molecule has 1 heterocycles. The van der Waals surface area contributed by atoms with Crippen molar-refractivity contribution in [3.05, 3.63) is 66.7 Å². The van der Waals surface area contributed by atoms with E-state index in [1.54, 1.807) is 19.5 Å². The molecular weight excluding hydrogens is 416 g/mol. The minimum Gasteiger partial charge on any atom is -0.494 e. The maximum Gasteiger partial charge on any atom is 0.250 e. The predicted molar refractivity (Wildman–Crippen MR) is 134 cm³/mol. The number of nitrogens with one attached hydrogen (secondary N) is 4. The molecule has 0 unspecified atom stereocenters. The Bertz CT molecular complexity index is 1030. The van der Waals surface area contributed by atoms with E-state index in [4.69, 9.17) is 15.9 Å². The quantitative estimate of drug-likeness (QED) is 0.200. The lowest BCUT2D eigenvalue weighted by molar-refractivity contribution is -0.118. The summed E-state index contributed by atoms with van der Waals surface area (Å²) >= 11 is 0. The van der Waals surface area contributed by atoms with Crippen molar-refractivity contribution in [3.8, 4) is 5.75 Å². The van der Waals surface area contributed by atoms with Crippen LogP contribution in [0.4, 0.5) is 5.69 Å². The standard InChI is InChI=1S/C25H32N6O2/c1-4-6-8-16(5-2)18-9-7-10-19(23(18)33-3)30-20(22(27)24-28-13-14-29-24)15-21(26)31-25(32)17-11-12-17/h5,7-10,13-15,17,24,27-30H,2,4,6,11-12H2,1,3H3,(H2,26,31,32)/b16-8+,20-15+,27-22?. The van der Waals surface area contributed by atoms with E-state index in [1.165, 1.54) is 6.08 Å². The highest BCUT2D eigenvalue weighted by molar-refractivity contribution is 6.11. The number of para-hydroxylation sites is 1. The molecule has 1 saturated carbocycles. The van der Waals surface area contributed by atoms with Crippen LogP contribution < -0.4 is 26.4 Å². The zero-order valence-electron chi connectivity index (χ0n) is 19.2. The van der Waals surface area contributed by atoms with Crippen molar-refractivity contribution in [2.45, 2.75) is 38.8 Å². The Morgan fingerprint density at radius 2 is 2.09 bits per heavy atom. The number of carbonyl (C=O) groups excluding carboxylic acids is 1. The molecule has 1 aromatic rings.